The van der Waals surface area contributed by atoms with Crippen LogP contribution in [0.25, 0.3) is 5.69 Å². The molecule has 7 nitrogen and oxygen atoms in total. The van der Waals surface area contributed by atoms with E-state index in [4.69, 9.17) is 9.47 Å². The summed E-state index contributed by atoms with van der Waals surface area (Å²) in [6, 6.07) is 13.9. The fourth-order valence-electron chi connectivity index (χ4n) is 2.75. The average Bonchev–Trinajstić information content (AvgIpc) is 3.24. The van der Waals surface area contributed by atoms with E-state index in [1.807, 2.05) is 42.5 Å². The molecule has 0 bridgehead atoms. The van der Waals surface area contributed by atoms with Gasteiger partial charge in [0.05, 0.1) is 17.3 Å². The van der Waals surface area contributed by atoms with E-state index in [9.17, 15) is 0 Å². The molecular formula is C21H25BrClN5O2S. The number of hydrogen-bond acceptors (Lipinski definition) is 7. The van der Waals surface area contributed by atoms with E-state index in [1.54, 1.807) is 29.6 Å². The molecule has 0 fully saturated rings. The molecule has 0 radical (unpaired) electrons. The van der Waals surface area contributed by atoms with E-state index in [0.29, 0.717) is 18.1 Å². The lowest BCUT2D eigenvalue weighted by atomic mass is 10.2. The van der Waals surface area contributed by atoms with Crippen molar-refractivity contribution in [3.8, 4) is 17.2 Å². The van der Waals surface area contributed by atoms with Crippen LogP contribution in [-0.2, 0) is 6.54 Å². The maximum absolute atomic E-state index is 5.67. The Kier molecular flexibility index (Phi) is 10.9. The van der Waals surface area contributed by atoms with Gasteiger partial charge in [-0.3, -0.25) is 0 Å². The molecule has 0 aliphatic rings. The second kappa shape index (κ2) is 13.4. The van der Waals surface area contributed by atoms with E-state index >= 15 is 0 Å². The second-order valence-corrected chi connectivity index (χ2v) is 8.21. The van der Waals surface area contributed by atoms with Gasteiger partial charge in [0.15, 0.2) is 11.5 Å². The topological polar surface area (TPSA) is 74.1 Å². The van der Waals surface area contributed by atoms with Gasteiger partial charge in [0, 0.05) is 12.3 Å². The van der Waals surface area contributed by atoms with Gasteiger partial charge in [-0.05, 0) is 69.2 Å². The zero-order valence-corrected chi connectivity index (χ0v) is 20.4. The van der Waals surface area contributed by atoms with E-state index in [-0.39, 0.29) is 12.4 Å². The number of rotatable bonds is 12. The average molecular weight is 527 g/mol. The number of tetrazole rings is 1. The Labute approximate surface area is 201 Å². The Morgan fingerprint density at radius 2 is 2.06 bits per heavy atom. The highest BCUT2D eigenvalue weighted by atomic mass is 79.9. The maximum Gasteiger partial charge on any atom is 0.214 e. The summed E-state index contributed by atoms with van der Waals surface area (Å²) in [4.78, 5) is 0. The normalized spacial score (nSPS) is 10.4. The Hall–Kier alpha value is -2.07. The molecule has 1 heterocycles. The molecule has 166 valence electrons. The number of aromatic nitrogens is 4. The van der Waals surface area contributed by atoms with Crippen LogP contribution in [0.15, 0.2) is 64.7 Å². The Morgan fingerprint density at radius 1 is 1.26 bits per heavy atom. The first-order valence-electron chi connectivity index (χ1n) is 9.50. The number of hydrogen-bond donors (Lipinski definition) is 1. The third-order valence-electron chi connectivity index (χ3n) is 4.13. The predicted molar refractivity (Wildman–Crippen MR) is 130 cm³/mol. The van der Waals surface area contributed by atoms with Gasteiger partial charge < -0.3 is 14.8 Å². The molecule has 1 aromatic heterocycles. The summed E-state index contributed by atoms with van der Waals surface area (Å²) < 4.78 is 13.7. The first-order chi connectivity index (χ1) is 14.7. The van der Waals surface area contributed by atoms with Gasteiger partial charge in [0.2, 0.25) is 5.16 Å². The van der Waals surface area contributed by atoms with Gasteiger partial charge in [0.25, 0.3) is 0 Å². The second-order valence-electron chi connectivity index (χ2n) is 6.30. The Balaban J connectivity index is 0.00000341. The number of methoxy groups -OCH3 is 1. The van der Waals surface area contributed by atoms with Crippen molar-refractivity contribution < 1.29 is 9.47 Å². The molecule has 0 saturated carbocycles. The van der Waals surface area contributed by atoms with E-state index in [0.717, 1.165) is 46.1 Å². The third kappa shape index (κ3) is 7.24. The fraction of sp³-hybridized carbons (Fsp3) is 0.286. The zero-order chi connectivity index (χ0) is 21.2. The minimum absolute atomic E-state index is 0. The van der Waals surface area contributed by atoms with Gasteiger partial charge in [-0.1, -0.05) is 42.6 Å². The molecular weight excluding hydrogens is 502 g/mol. The summed E-state index contributed by atoms with van der Waals surface area (Å²) >= 11 is 5.21. The largest absolute Gasteiger partial charge is 0.493 e. The van der Waals surface area contributed by atoms with Crippen LogP contribution in [0, 0.1) is 0 Å². The number of benzene rings is 2. The van der Waals surface area contributed by atoms with Crippen LogP contribution in [0.1, 0.15) is 12.0 Å². The summed E-state index contributed by atoms with van der Waals surface area (Å²) in [7, 11) is 1.64. The van der Waals surface area contributed by atoms with Crippen LogP contribution in [0.3, 0.4) is 0 Å². The van der Waals surface area contributed by atoms with Crippen LogP contribution in [-0.4, -0.2) is 46.2 Å². The van der Waals surface area contributed by atoms with Crippen molar-refractivity contribution >= 4 is 40.1 Å². The van der Waals surface area contributed by atoms with Gasteiger partial charge in [-0.15, -0.1) is 17.5 Å². The SMILES string of the molecule is C=CCOc1c(Br)cc(CNCCCSc2nnnn2-c2ccccc2)cc1OC.Cl. The number of nitrogens with zero attached hydrogens (tertiary/aromatic N) is 4. The molecule has 10 heteroatoms. The molecule has 0 amide bonds. The van der Waals surface area contributed by atoms with E-state index < -0.39 is 0 Å². The molecule has 31 heavy (non-hydrogen) atoms. The quantitative estimate of drug-likeness (QED) is 0.208. The van der Waals surface area contributed by atoms with Gasteiger partial charge in [-0.25, -0.2) is 0 Å². The highest BCUT2D eigenvalue weighted by Crippen LogP contribution is 2.36. The minimum atomic E-state index is 0. The van der Waals surface area contributed by atoms with Crippen molar-refractivity contribution in [3.63, 3.8) is 0 Å². The van der Waals surface area contributed by atoms with Crippen LogP contribution in [0.5, 0.6) is 11.5 Å². The number of halogens is 2. The summed E-state index contributed by atoms with van der Waals surface area (Å²) in [6.45, 7) is 5.73. The minimum Gasteiger partial charge on any atom is -0.493 e. The lowest BCUT2D eigenvalue weighted by molar-refractivity contribution is 0.324. The van der Waals surface area contributed by atoms with Crippen molar-refractivity contribution in [2.75, 3.05) is 26.0 Å². The zero-order valence-electron chi connectivity index (χ0n) is 17.2. The summed E-state index contributed by atoms with van der Waals surface area (Å²) in [5, 5.41) is 16.3. The number of para-hydroxylation sites is 1. The van der Waals surface area contributed by atoms with Crippen molar-refractivity contribution in [3.05, 3.63) is 65.2 Å². The number of thioether (sulfide) groups is 1. The highest BCUT2D eigenvalue weighted by Gasteiger charge is 2.11. The predicted octanol–water partition coefficient (Wildman–Crippen LogP) is 4.69. The van der Waals surface area contributed by atoms with Gasteiger partial charge in [-0.2, -0.15) is 4.68 Å². The lowest BCUT2D eigenvalue weighted by Crippen LogP contribution is -2.15. The summed E-state index contributed by atoms with van der Waals surface area (Å²) in [5.74, 6) is 2.31. The molecule has 0 aliphatic carbocycles. The van der Waals surface area contributed by atoms with Crippen molar-refractivity contribution in [1.82, 2.24) is 25.5 Å². The van der Waals surface area contributed by atoms with Crippen LogP contribution in [0.4, 0.5) is 0 Å². The van der Waals surface area contributed by atoms with Crippen LogP contribution >= 0.6 is 40.1 Å². The molecule has 1 N–H and O–H groups in total. The molecule has 0 saturated heterocycles. The first kappa shape index (κ1) is 25.2. The molecule has 2 aromatic carbocycles. The first-order valence-corrected chi connectivity index (χ1v) is 11.3. The lowest BCUT2D eigenvalue weighted by Gasteiger charge is -2.14. The Morgan fingerprint density at radius 3 is 2.81 bits per heavy atom. The molecule has 0 unspecified atom stereocenters. The molecule has 0 atom stereocenters. The van der Waals surface area contributed by atoms with E-state index in [2.05, 4.69) is 43.4 Å². The molecule has 3 aromatic rings. The fourth-order valence-corrected chi connectivity index (χ4v) is 4.18. The van der Waals surface area contributed by atoms with Crippen molar-refractivity contribution in [2.24, 2.45) is 0 Å². The molecule has 0 aliphatic heterocycles. The standard InChI is InChI=1S/C21H24BrN5O2S.ClH/c1-3-11-29-20-18(22)13-16(14-19(20)28-2)15-23-10-7-12-30-21-24-25-26-27(21)17-8-5-4-6-9-17;/h3-6,8-9,13-14,23H,1,7,10-12,15H2,2H3;1H. The number of nitrogens with one attached hydrogen (secondary N) is 1. The third-order valence-corrected chi connectivity index (χ3v) is 5.73. The molecule has 0 spiro atoms. The summed E-state index contributed by atoms with van der Waals surface area (Å²) in [6.07, 6.45) is 2.70. The van der Waals surface area contributed by atoms with Crippen LogP contribution in [0.2, 0.25) is 0 Å². The Bertz CT molecular complexity index is 958. The van der Waals surface area contributed by atoms with E-state index in [1.165, 1.54) is 0 Å². The van der Waals surface area contributed by atoms with Crippen molar-refractivity contribution in [1.29, 1.82) is 0 Å². The van der Waals surface area contributed by atoms with Gasteiger partial charge in [0.1, 0.15) is 6.61 Å². The van der Waals surface area contributed by atoms with Crippen molar-refractivity contribution in [2.45, 2.75) is 18.1 Å². The van der Waals surface area contributed by atoms with Crippen LogP contribution < -0.4 is 14.8 Å². The van der Waals surface area contributed by atoms with Gasteiger partial charge >= 0.3 is 0 Å². The molecule has 3 rings (SSSR count). The maximum atomic E-state index is 5.67. The number of ether oxygens (including phenoxy) is 2. The smallest absolute Gasteiger partial charge is 0.214 e. The summed E-state index contributed by atoms with van der Waals surface area (Å²) in [5.41, 5.74) is 2.08. The monoisotopic (exact) mass is 525 g/mol. The highest BCUT2D eigenvalue weighted by molar-refractivity contribution is 9.10.